The molecule has 0 saturated heterocycles. The van der Waals surface area contributed by atoms with Crippen LogP contribution >= 0.6 is 0 Å². The summed E-state index contributed by atoms with van der Waals surface area (Å²) in [5.74, 6) is 0.529. The van der Waals surface area contributed by atoms with Gasteiger partial charge in [-0.1, -0.05) is 0 Å². The number of methoxy groups -OCH3 is 1. The topological polar surface area (TPSA) is 26.3 Å². The van der Waals surface area contributed by atoms with Crippen molar-refractivity contribution in [2.24, 2.45) is 0 Å². The van der Waals surface area contributed by atoms with Crippen LogP contribution in [0.1, 0.15) is 29.5 Å². The summed E-state index contributed by atoms with van der Waals surface area (Å²) in [6.07, 6.45) is 1.12. The lowest BCUT2D eigenvalue weighted by Gasteiger charge is -2.12. The first-order valence-electron chi connectivity index (χ1n) is 5.62. The Bertz CT molecular complexity index is 492. The van der Waals surface area contributed by atoms with Gasteiger partial charge in [0.1, 0.15) is 11.6 Å². The Hall–Kier alpha value is -1.64. The van der Waals surface area contributed by atoms with E-state index in [9.17, 15) is 9.18 Å². The van der Waals surface area contributed by atoms with Gasteiger partial charge in [0.25, 0.3) is 0 Å². The van der Waals surface area contributed by atoms with Gasteiger partial charge in [0, 0.05) is 12.8 Å². The van der Waals surface area contributed by atoms with Crippen molar-refractivity contribution in [3.8, 4) is 0 Å². The number of halogens is 1. The number of aryl methyl sites for hydroxylation is 2. The van der Waals surface area contributed by atoms with Gasteiger partial charge in [-0.15, -0.1) is 0 Å². The summed E-state index contributed by atoms with van der Waals surface area (Å²) in [5.41, 5.74) is 3.01. The van der Waals surface area contributed by atoms with Gasteiger partial charge in [0.2, 0.25) is 0 Å². The quantitative estimate of drug-likeness (QED) is 0.785. The lowest BCUT2D eigenvalue weighted by Crippen LogP contribution is -2.02. The van der Waals surface area contributed by atoms with Crippen LogP contribution in [-0.2, 0) is 9.53 Å². The lowest BCUT2D eigenvalue weighted by molar-refractivity contribution is -0.113. The lowest BCUT2D eigenvalue weighted by atomic mass is 9.94. The summed E-state index contributed by atoms with van der Waals surface area (Å²) in [6, 6.07) is 2.91. The Morgan fingerprint density at radius 3 is 2.29 bits per heavy atom. The molecule has 0 atom stereocenters. The number of rotatable bonds is 2. The van der Waals surface area contributed by atoms with Crippen LogP contribution in [-0.4, -0.2) is 12.9 Å². The maximum Gasteiger partial charge on any atom is 0.167 e. The summed E-state index contributed by atoms with van der Waals surface area (Å²) in [7, 11) is 1.57. The van der Waals surface area contributed by atoms with Gasteiger partial charge >= 0.3 is 0 Å². The smallest absolute Gasteiger partial charge is 0.167 e. The molecule has 0 unspecified atom stereocenters. The summed E-state index contributed by atoms with van der Waals surface area (Å²) >= 11 is 0. The predicted octanol–water partition coefficient (Wildman–Crippen LogP) is 3.16. The van der Waals surface area contributed by atoms with Crippen LogP contribution in [0.4, 0.5) is 4.39 Å². The fourth-order valence-electron chi connectivity index (χ4n) is 2.42. The number of hydrogen-bond acceptors (Lipinski definition) is 2. The van der Waals surface area contributed by atoms with Crippen molar-refractivity contribution < 1.29 is 13.9 Å². The molecule has 1 aromatic carbocycles. The number of carbonyl (C=O) groups excluding carboxylic acids is 1. The van der Waals surface area contributed by atoms with Gasteiger partial charge in [-0.2, -0.15) is 0 Å². The molecule has 0 bridgehead atoms. The van der Waals surface area contributed by atoms with Crippen LogP contribution in [0.3, 0.4) is 0 Å². The normalized spacial score (nSPS) is 15.6. The Labute approximate surface area is 100 Å². The van der Waals surface area contributed by atoms with Crippen LogP contribution in [0.5, 0.6) is 0 Å². The van der Waals surface area contributed by atoms with E-state index >= 15 is 0 Å². The Morgan fingerprint density at radius 2 is 1.76 bits per heavy atom. The van der Waals surface area contributed by atoms with E-state index in [1.165, 1.54) is 12.1 Å². The first-order chi connectivity index (χ1) is 8.04. The summed E-state index contributed by atoms with van der Waals surface area (Å²) in [4.78, 5) is 11.9. The summed E-state index contributed by atoms with van der Waals surface area (Å²) < 4.78 is 18.5. The van der Waals surface area contributed by atoms with E-state index < -0.39 is 0 Å². The third-order valence-electron chi connectivity index (χ3n) is 3.13. The number of carbonyl (C=O) groups is 1. The predicted molar refractivity (Wildman–Crippen MR) is 64.0 cm³/mol. The van der Waals surface area contributed by atoms with Gasteiger partial charge in [0.05, 0.1) is 12.7 Å². The van der Waals surface area contributed by atoms with Crippen LogP contribution in [0.15, 0.2) is 17.9 Å². The minimum Gasteiger partial charge on any atom is -0.500 e. The average Bonchev–Trinajstić information content (AvgIpc) is 2.59. The van der Waals surface area contributed by atoms with Crippen molar-refractivity contribution in [1.29, 1.82) is 0 Å². The van der Waals surface area contributed by atoms with Gasteiger partial charge in [0.15, 0.2) is 5.78 Å². The monoisotopic (exact) mass is 234 g/mol. The van der Waals surface area contributed by atoms with Crippen molar-refractivity contribution in [2.45, 2.75) is 26.7 Å². The summed E-state index contributed by atoms with van der Waals surface area (Å²) in [5, 5.41) is 0. The zero-order valence-electron chi connectivity index (χ0n) is 10.3. The standard InChI is InChI=1S/C14H15FO2/c1-8-6-10(15)7-9(2)13(8)14-11(16)4-5-12(14)17-3/h6-7H,4-5H2,1-3H3. The fraction of sp³-hybridized carbons (Fsp3) is 0.357. The van der Waals surface area contributed by atoms with E-state index in [0.29, 0.717) is 24.2 Å². The van der Waals surface area contributed by atoms with Gasteiger partial charge in [-0.3, -0.25) is 4.79 Å². The molecule has 0 spiro atoms. The number of Topliss-reactive ketones (excluding diaryl/α,β-unsaturated/α-hetero) is 1. The second kappa shape index (κ2) is 4.32. The van der Waals surface area contributed by atoms with E-state index in [1.807, 2.05) is 13.8 Å². The molecule has 0 amide bonds. The Balaban J connectivity index is 2.65. The second-order valence-corrected chi connectivity index (χ2v) is 4.34. The minimum atomic E-state index is -0.270. The van der Waals surface area contributed by atoms with Crippen molar-refractivity contribution >= 4 is 11.4 Å². The largest absolute Gasteiger partial charge is 0.500 e. The highest BCUT2D eigenvalue weighted by atomic mass is 19.1. The number of benzene rings is 1. The van der Waals surface area contributed by atoms with E-state index in [1.54, 1.807) is 7.11 Å². The van der Waals surface area contributed by atoms with E-state index in [2.05, 4.69) is 0 Å². The summed E-state index contributed by atoms with van der Waals surface area (Å²) in [6.45, 7) is 3.63. The second-order valence-electron chi connectivity index (χ2n) is 4.34. The molecule has 1 aliphatic rings. The number of allylic oxidation sites excluding steroid dienone is 2. The van der Waals surface area contributed by atoms with E-state index in [4.69, 9.17) is 4.74 Å². The molecular formula is C14H15FO2. The highest BCUT2D eigenvalue weighted by Gasteiger charge is 2.27. The zero-order valence-corrected chi connectivity index (χ0v) is 10.3. The molecule has 90 valence electrons. The molecule has 1 aliphatic carbocycles. The molecule has 0 aromatic heterocycles. The van der Waals surface area contributed by atoms with Crippen LogP contribution in [0.25, 0.3) is 5.57 Å². The molecule has 1 aromatic rings. The molecule has 0 heterocycles. The maximum atomic E-state index is 13.2. The number of ketones is 1. The number of hydrogen-bond donors (Lipinski definition) is 0. The Morgan fingerprint density at radius 1 is 1.18 bits per heavy atom. The van der Waals surface area contributed by atoms with Gasteiger partial charge in [-0.25, -0.2) is 4.39 Å². The van der Waals surface area contributed by atoms with E-state index in [0.717, 1.165) is 16.7 Å². The van der Waals surface area contributed by atoms with Gasteiger partial charge < -0.3 is 4.74 Å². The van der Waals surface area contributed by atoms with Crippen molar-refractivity contribution in [3.63, 3.8) is 0 Å². The molecule has 2 nitrogen and oxygen atoms in total. The van der Waals surface area contributed by atoms with Crippen LogP contribution in [0.2, 0.25) is 0 Å². The molecule has 0 N–H and O–H groups in total. The first kappa shape index (κ1) is 11.8. The van der Waals surface area contributed by atoms with Crippen LogP contribution < -0.4 is 0 Å². The van der Waals surface area contributed by atoms with Crippen molar-refractivity contribution in [3.05, 3.63) is 40.4 Å². The SMILES string of the molecule is COC1=C(c2c(C)cc(F)cc2C)C(=O)CC1. The van der Waals surface area contributed by atoms with E-state index in [-0.39, 0.29) is 11.6 Å². The first-order valence-corrected chi connectivity index (χ1v) is 5.62. The average molecular weight is 234 g/mol. The Kier molecular flexibility index (Phi) is 3.01. The highest BCUT2D eigenvalue weighted by Crippen LogP contribution is 2.35. The molecule has 0 radical (unpaired) electrons. The van der Waals surface area contributed by atoms with Gasteiger partial charge in [-0.05, 0) is 42.7 Å². The minimum absolute atomic E-state index is 0.0830. The van der Waals surface area contributed by atoms with Crippen molar-refractivity contribution in [2.75, 3.05) is 7.11 Å². The molecular weight excluding hydrogens is 219 g/mol. The van der Waals surface area contributed by atoms with Crippen LogP contribution in [0, 0.1) is 19.7 Å². The number of ether oxygens (including phenoxy) is 1. The molecule has 0 aliphatic heterocycles. The molecule has 0 fully saturated rings. The van der Waals surface area contributed by atoms with Crippen molar-refractivity contribution in [1.82, 2.24) is 0 Å². The third kappa shape index (κ3) is 1.97. The molecule has 2 rings (SSSR count). The molecule has 0 saturated carbocycles. The molecule has 17 heavy (non-hydrogen) atoms. The zero-order chi connectivity index (χ0) is 12.6. The maximum absolute atomic E-state index is 13.2. The third-order valence-corrected chi connectivity index (χ3v) is 3.13. The highest BCUT2D eigenvalue weighted by molar-refractivity contribution is 6.24. The fourth-order valence-corrected chi connectivity index (χ4v) is 2.42. The molecule has 3 heteroatoms.